The van der Waals surface area contributed by atoms with Gasteiger partial charge in [-0.3, -0.25) is 4.79 Å². The van der Waals surface area contributed by atoms with Crippen molar-refractivity contribution in [3.63, 3.8) is 0 Å². The van der Waals surface area contributed by atoms with E-state index in [-0.39, 0.29) is 27.7 Å². The first-order valence-corrected chi connectivity index (χ1v) is 12.9. The highest BCUT2D eigenvalue weighted by Gasteiger charge is 2.33. The van der Waals surface area contributed by atoms with Gasteiger partial charge in [0.2, 0.25) is 0 Å². The van der Waals surface area contributed by atoms with Crippen LogP contribution >= 0.6 is 0 Å². The quantitative estimate of drug-likeness (QED) is 0.227. The Labute approximate surface area is 217 Å². The molecule has 0 saturated heterocycles. The third-order valence-electron chi connectivity index (χ3n) is 6.39. The molecule has 0 spiro atoms. The number of alkyl halides is 6. The van der Waals surface area contributed by atoms with E-state index in [4.69, 9.17) is 0 Å². The van der Waals surface area contributed by atoms with Gasteiger partial charge in [0.15, 0.2) is 0 Å². The van der Waals surface area contributed by atoms with Gasteiger partial charge < -0.3 is 4.57 Å². The SMILES string of the molecule is Cc1c(-c2cn(CC(F)(F)F)c(=O)c3ccccc23)c2ccccc2n1S(=O)(=O)c1ccc(C(F)(F)F)cc1. The molecule has 0 amide bonds. The summed E-state index contributed by atoms with van der Waals surface area (Å²) in [4.78, 5) is 12.5. The normalized spacial score (nSPS) is 12.9. The summed E-state index contributed by atoms with van der Waals surface area (Å²) >= 11 is 0. The van der Waals surface area contributed by atoms with Crippen LogP contribution in [0, 0.1) is 6.92 Å². The second-order valence-electron chi connectivity index (χ2n) is 8.91. The van der Waals surface area contributed by atoms with E-state index in [1.807, 2.05) is 0 Å². The first-order valence-electron chi connectivity index (χ1n) is 11.4. The predicted molar refractivity (Wildman–Crippen MR) is 134 cm³/mol. The van der Waals surface area contributed by atoms with Crippen LogP contribution in [-0.4, -0.2) is 23.1 Å². The number of benzene rings is 3. The van der Waals surface area contributed by atoms with Crippen molar-refractivity contribution in [1.82, 2.24) is 8.54 Å². The van der Waals surface area contributed by atoms with Crippen LogP contribution in [0.3, 0.4) is 0 Å². The lowest BCUT2D eigenvalue weighted by Crippen LogP contribution is -2.28. The molecule has 0 bridgehead atoms. The molecule has 5 rings (SSSR count). The molecule has 0 fully saturated rings. The van der Waals surface area contributed by atoms with Crippen LogP contribution in [0.15, 0.2) is 88.7 Å². The number of hydrogen-bond acceptors (Lipinski definition) is 3. The fourth-order valence-corrected chi connectivity index (χ4v) is 6.32. The largest absolute Gasteiger partial charge is 0.416 e. The lowest BCUT2D eigenvalue weighted by atomic mass is 9.98. The summed E-state index contributed by atoms with van der Waals surface area (Å²) in [5, 5.41) is 0.702. The van der Waals surface area contributed by atoms with E-state index in [2.05, 4.69) is 0 Å². The fraction of sp³-hybridized carbons (Fsp3) is 0.148. The maximum absolute atomic E-state index is 13.7. The van der Waals surface area contributed by atoms with Gasteiger partial charge in [-0.1, -0.05) is 36.4 Å². The van der Waals surface area contributed by atoms with Crippen LogP contribution in [0.25, 0.3) is 32.8 Å². The molecule has 0 aliphatic carbocycles. The molecule has 5 nitrogen and oxygen atoms in total. The molecule has 0 aliphatic heterocycles. The molecule has 0 unspecified atom stereocenters. The Morgan fingerprint density at radius 3 is 1.92 bits per heavy atom. The van der Waals surface area contributed by atoms with Gasteiger partial charge in [-0.25, -0.2) is 12.4 Å². The number of nitrogens with zero attached hydrogens (tertiary/aromatic N) is 2. The molecule has 0 N–H and O–H groups in total. The van der Waals surface area contributed by atoms with E-state index in [9.17, 15) is 39.6 Å². The number of aromatic nitrogens is 2. The second kappa shape index (κ2) is 9.01. The summed E-state index contributed by atoms with van der Waals surface area (Å²) in [7, 11) is -4.45. The van der Waals surface area contributed by atoms with Crippen LogP contribution < -0.4 is 5.56 Å². The minimum atomic E-state index is -4.70. The number of halogens is 6. The average molecular weight is 565 g/mol. The third kappa shape index (κ3) is 4.58. The van der Waals surface area contributed by atoms with Gasteiger partial charge >= 0.3 is 12.4 Å². The molecular weight excluding hydrogens is 546 g/mol. The Bertz CT molecular complexity index is 1900. The summed E-state index contributed by atoms with van der Waals surface area (Å²) in [6.45, 7) is -0.101. The molecule has 12 heteroatoms. The van der Waals surface area contributed by atoms with Gasteiger partial charge in [0.25, 0.3) is 15.6 Å². The Morgan fingerprint density at radius 1 is 0.769 bits per heavy atom. The molecule has 39 heavy (non-hydrogen) atoms. The molecule has 5 aromatic rings. The van der Waals surface area contributed by atoms with Gasteiger partial charge in [0.1, 0.15) is 6.54 Å². The molecule has 2 aromatic heterocycles. The van der Waals surface area contributed by atoms with Crippen molar-refractivity contribution in [2.24, 2.45) is 0 Å². The Kier molecular flexibility index (Phi) is 6.13. The van der Waals surface area contributed by atoms with Crippen molar-refractivity contribution in [2.45, 2.75) is 30.7 Å². The van der Waals surface area contributed by atoms with E-state index in [0.717, 1.165) is 22.3 Å². The second-order valence-corrected chi connectivity index (χ2v) is 10.7. The summed E-state index contributed by atoms with van der Waals surface area (Å²) in [6, 6.07) is 15.3. The summed E-state index contributed by atoms with van der Waals surface area (Å²) < 4.78 is 108. The van der Waals surface area contributed by atoms with Gasteiger partial charge in [-0.2, -0.15) is 26.3 Å². The van der Waals surface area contributed by atoms with Crippen LogP contribution in [0.5, 0.6) is 0 Å². The minimum absolute atomic E-state index is 0.0149. The molecule has 0 aliphatic rings. The monoisotopic (exact) mass is 564 g/mol. The van der Waals surface area contributed by atoms with Crippen LogP contribution in [-0.2, 0) is 22.7 Å². The minimum Gasteiger partial charge on any atom is -0.305 e. The Hall–Kier alpha value is -4.06. The molecule has 0 radical (unpaired) electrons. The van der Waals surface area contributed by atoms with E-state index in [1.54, 1.807) is 30.3 Å². The van der Waals surface area contributed by atoms with E-state index in [0.29, 0.717) is 27.5 Å². The molecule has 3 aromatic carbocycles. The lowest BCUT2D eigenvalue weighted by molar-refractivity contribution is -0.141. The predicted octanol–water partition coefficient (Wildman–Crippen LogP) is 6.75. The Morgan fingerprint density at radius 2 is 1.33 bits per heavy atom. The molecule has 0 atom stereocenters. The number of rotatable bonds is 4. The zero-order valence-corrected chi connectivity index (χ0v) is 20.8. The fourth-order valence-electron chi connectivity index (χ4n) is 4.76. The molecule has 2 heterocycles. The average Bonchev–Trinajstić information content (AvgIpc) is 3.17. The van der Waals surface area contributed by atoms with Crippen LogP contribution in [0.4, 0.5) is 26.3 Å². The Balaban J connectivity index is 1.82. The first kappa shape index (κ1) is 26.5. The maximum atomic E-state index is 13.7. The highest BCUT2D eigenvalue weighted by atomic mass is 32.2. The van der Waals surface area contributed by atoms with Crippen molar-refractivity contribution < 1.29 is 34.8 Å². The van der Waals surface area contributed by atoms with E-state index >= 15 is 0 Å². The third-order valence-corrected chi connectivity index (χ3v) is 8.21. The topological polar surface area (TPSA) is 61.1 Å². The zero-order chi connectivity index (χ0) is 28.3. The molecule has 0 saturated carbocycles. The number of pyridine rings is 1. The number of fused-ring (bicyclic) bond motifs is 2. The van der Waals surface area contributed by atoms with Gasteiger partial charge in [-0.05, 0) is 48.7 Å². The standard InChI is InChI=1S/C27H18F6N2O3S/c1-16-24(22-14-34(15-26(28,29)30)25(36)20-7-3-2-6-19(20)22)21-8-4-5-9-23(21)35(16)39(37,38)18-12-10-17(11-13-18)27(31,32)33/h2-14H,15H2,1H3. The van der Waals surface area contributed by atoms with Crippen LogP contribution in [0.2, 0.25) is 0 Å². The van der Waals surface area contributed by atoms with Crippen molar-refractivity contribution in [3.05, 3.63) is 101 Å². The summed E-state index contributed by atoms with van der Waals surface area (Å²) in [5.41, 5.74) is -1.13. The van der Waals surface area contributed by atoms with E-state index in [1.165, 1.54) is 25.1 Å². The highest BCUT2D eigenvalue weighted by molar-refractivity contribution is 7.90. The van der Waals surface area contributed by atoms with Gasteiger partial charge in [0.05, 0.1) is 16.0 Å². The maximum Gasteiger partial charge on any atom is 0.416 e. The van der Waals surface area contributed by atoms with Crippen molar-refractivity contribution in [2.75, 3.05) is 0 Å². The first-order chi connectivity index (χ1) is 18.2. The lowest BCUT2D eigenvalue weighted by Gasteiger charge is -2.15. The smallest absolute Gasteiger partial charge is 0.305 e. The van der Waals surface area contributed by atoms with Crippen LogP contribution in [0.1, 0.15) is 11.3 Å². The van der Waals surface area contributed by atoms with Gasteiger partial charge in [-0.15, -0.1) is 0 Å². The summed E-state index contributed by atoms with van der Waals surface area (Å²) in [5.74, 6) is 0. The molecule has 202 valence electrons. The van der Waals surface area contributed by atoms with Crippen molar-refractivity contribution >= 4 is 31.7 Å². The van der Waals surface area contributed by atoms with Crippen molar-refractivity contribution in [3.8, 4) is 11.1 Å². The van der Waals surface area contributed by atoms with Crippen molar-refractivity contribution in [1.29, 1.82) is 0 Å². The van der Waals surface area contributed by atoms with Gasteiger partial charge in [0, 0.05) is 33.8 Å². The number of hydrogen-bond donors (Lipinski definition) is 0. The summed E-state index contributed by atoms with van der Waals surface area (Å²) in [6.07, 6.45) is -8.30. The molecular formula is C27H18F6N2O3S. The highest BCUT2D eigenvalue weighted by Crippen LogP contribution is 2.40. The number of para-hydroxylation sites is 1. The van der Waals surface area contributed by atoms with E-state index < -0.39 is 44.9 Å². The zero-order valence-electron chi connectivity index (χ0n) is 20.0.